The van der Waals surface area contributed by atoms with Crippen molar-refractivity contribution in [1.82, 2.24) is 4.57 Å². The van der Waals surface area contributed by atoms with Crippen LogP contribution in [0, 0.1) is 0 Å². The highest BCUT2D eigenvalue weighted by Crippen LogP contribution is 2.21. The van der Waals surface area contributed by atoms with Gasteiger partial charge in [0.15, 0.2) is 5.75 Å². The third kappa shape index (κ3) is 3.99. The highest BCUT2D eigenvalue weighted by atomic mass is 35.5. The van der Waals surface area contributed by atoms with Crippen LogP contribution >= 0.6 is 23.2 Å². The van der Waals surface area contributed by atoms with Gasteiger partial charge in [0, 0.05) is 16.2 Å². The molecule has 0 unspecified atom stereocenters. The van der Waals surface area contributed by atoms with E-state index >= 15 is 0 Å². The summed E-state index contributed by atoms with van der Waals surface area (Å²) in [7, 11) is 0. The standard InChI is InChI=1S/C19H15Cl2NO2/c20-16-9-8-15(17(21)11-16)12-22-10-4-7-18(19(22)23)24-13-14-5-2-1-3-6-14/h1-11H,12-13H2. The van der Waals surface area contributed by atoms with Gasteiger partial charge in [0.05, 0.1) is 6.54 Å². The second-order valence-electron chi connectivity index (χ2n) is 5.32. The zero-order valence-corrected chi connectivity index (χ0v) is 14.3. The van der Waals surface area contributed by atoms with Crippen molar-refractivity contribution < 1.29 is 4.74 Å². The first-order valence-corrected chi connectivity index (χ1v) is 8.19. The molecule has 0 atom stereocenters. The highest BCUT2D eigenvalue weighted by molar-refractivity contribution is 6.35. The van der Waals surface area contributed by atoms with Crippen molar-refractivity contribution in [1.29, 1.82) is 0 Å². The molecule has 0 spiro atoms. The number of halogens is 2. The van der Waals surface area contributed by atoms with Crippen molar-refractivity contribution in [3.63, 3.8) is 0 Å². The van der Waals surface area contributed by atoms with Gasteiger partial charge in [-0.2, -0.15) is 0 Å². The number of hydrogen-bond donors (Lipinski definition) is 0. The number of rotatable bonds is 5. The first-order valence-electron chi connectivity index (χ1n) is 7.43. The molecule has 24 heavy (non-hydrogen) atoms. The van der Waals surface area contributed by atoms with Crippen molar-refractivity contribution in [2.45, 2.75) is 13.2 Å². The van der Waals surface area contributed by atoms with Crippen LogP contribution in [0.15, 0.2) is 71.7 Å². The maximum absolute atomic E-state index is 12.5. The smallest absolute Gasteiger partial charge is 0.293 e. The molecular weight excluding hydrogens is 345 g/mol. The summed E-state index contributed by atoms with van der Waals surface area (Å²) in [6.07, 6.45) is 1.71. The number of benzene rings is 2. The van der Waals surface area contributed by atoms with Crippen molar-refractivity contribution in [3.8, 4) is 5.75 Å². The number of pyridine rings is 1. The van der Waals surface area contributed by atoms with E-state index < -0.39 is 0 Å². The largest absolute Gasteiger partial charge is 0.483 e. The zero-order valence-electron chi connectivity index (χ0n) is 12.8. The molecule has 0 bridgehead atoms. The lowest BCUT2D eigenvalue weighted by Crippen LogP contribution is -2.21. The molecule has 0 aliphatic heterocycles. The Labute approximate surface area is 150 Å². The monoisotopic (exact) mass is 359 g/mol. The highest BCUT2D eigenvalue weighted by Gasteiger charge is 2.08. The Hall–Kier alpha value is -2.23. The molecule has 3 nitrogen and oxygen atoms in total. The molecule has 0 saturated heterocycles. The Morgan fingerprint density at radius 3 is 2.50 bits per heavy atom. The zero-order chi connectivity index (χ0) is 16.9. The van der Waals surface area contributed by atoms with Gasteiger partial charge in [-0.15, -0.1) is 0 Å². The molecule has 0 aliphatic rings. The van der Waals surface area contributed by atoms with Crippen molar-refractivity contribution in [2.24, 2.45) is 0 Å². The Bertz CT molecular complexity index is 891. The van der Waals surface area contributed by atoms with Gasteiger partial charge in [-0.05, 0) is 35.4 Å². The molecule has 1 aromatic heterocycles. The Morgan fingerprint density at radius 1 is 0.958 bits per heavy atom. The lowest BCUT2D eigenvalue weighted by atomic mass is 10.2. The number of aromatic nitrogens is 1. The van der Waals surface area contributed by atoms with Crippen molar-refractivity contribution >= 4 is 23.2 Å². The molecule has 0 amide bonds. The van der Waals surface area contributed by atoms with Crippen LogP contribution in [0.5, 0.6) is 5.75 Å². The Morgan fingerprint density at radius 2 is 1.75 bits per heavy atom. The molecule has 122 valence electrons. The third-order valence-electron chi connectivity index (χ3n) is 3.58. The molecule has 0 saturated carbocycles. The van der Waals surface area contributed by atoms with Gasteiger partial charge in [-0.1, -0.05) is 59.6 Å². The normalized spacial score (nSPS) is 10.6. The minimum Gasteiger partial charge on any atom is -0.483 e. The molecule has 0 N–H and O–H groups in total. The van der Waals surface area contributed by atoms with Crippen LogP contribution in [0.4, 0.5) is 0 Å². The van der Waals surface area contributed by atoms with Gasteiger partial charge in [0.25, 0.3) is 5.56 Å². The Kier molecular flexibility index (Phi) is 5.24. The summed E-state index contributed by atoms with van der Waals surface area (Å²) in [4.78, 5) is 12.5. The van der Waals surface area contributed by atoms with Gasteiger partial charge in [-0.3, -0.25) is 4.79 Å². The van der Waals surface area contributed by atoms with Gasteiger partial charge in [0.2, 0.25) is 0 Å². The van der Waals surface area contributed by atoms with E-state index in [-0.39, 0.29) is 5.56 Å². The average molecular weight is 360 g/mol. The van der Waals surface area contributed by atoms with E-state index in [0.29, 0.717) is 28.9 Å². The summed E-state index contributed by atoms with van der Waals surface area (Å²) in [6, 6.07) is 18.4. The van der Waals surface area contributed by atoms with Crippen LogP contribution in [0.25, 0.3) is 0 Å². The summed E-state index contributed by atoms with van der Waals surface area (Å²) in [6.45, 7) is 0.708. The van der Waals surface area contributed by atoms with Crippen molar-refractivity contribution in [3.05, 3.63) is 98.4 Å². The molecule has 0 fully saturated rings. The molecule has 0 radical (unpaired) electrons. The fourth-order valence-electron chi connectivity index (χ4n) is 2.32. The summed E-state index contributed by atoms with van der Waals surface area (Å²) in [5.74, 6) is 0.312. The molecule has 3 rings (SSSR count). The van der Waals surface area contributed by atoms with Crippen LogP contribution < -0.4 is 10.3 Å². The minimum absolute atomic E-state index is 0.195. The van der Waals surface area contributed by atoms with E-state index in [0.717, 1.165) is 11.1 Å². The second-order valence-corrected chi connectivity index (χ2v) is 6.16. The fourth-order valence-corrected chi connectivity index (χ4v) is 2.79. The van der Waals surface area contributed by atoms with Gasteiger partial charge in [-0.25, -0.2) is 0 Å². The molecule has 3 aromatic rings. The molecule has 2 aromatic carbocycles. The minimum atomic E-state index is -0.195. The topological polar surface area (TPSA) is 31.2 Å². The van der Waals surface area contributed by atoms with Gasteiger partial charge >= 0.3 is 0 Å². The summed E-state index contributed by atoms with van der Waals surface area (Å²) < 4.78 is 7.23. The van der Waals surface area contributed by atoms with E-state index in [1.54, 1.807) is 35.0 Å². The van der Waals surface area contributed by atoms with Crippen LogP contribution in [0.1, 0.15) is 11.1 Å². The molecular formula is C19H15Cl2NO2. The maximum Gasteiger partial charge on any atom is 0.293 e. The van der Waals surface area contributed by atoms with Crippen LogP contribution in [-0.2, 0) is 13.2 Å². The maximum atomic E-state index is 12.5. The summed E-state index contributed by atoms with van der Waals surface area (Å²) in [5, 5.41) is 1.10. The average Bonchev–Trinajstić information content (AvgIpc) is 2.59. The quantitative estimate of drug-likeness (QED) is 0.656. The number of hydrogen-bond acceptors (Lipinski definition) is 2. The van der Waals surface area contributed by atoms with E-state index in [4.69, 9.17) is 27.9 Å². The Balaban J connectivity index is 1.79. The molecule has 0 aliphatic carbocycles. The first-order chi connectivity index (χ1) is 11.6. The summed E-state index contributed by atoms with van der Waals surface area (Å²) in [5.41, 5.74) is 1.64. The van der Waals surface area contributed by atoms with Crippen molar-refractivity contribution in [2.75, 3.05) is 0 Å². The van der Waals surface area contributed by atoms with E-state index in [1.807, 2.05) is 36.4 Å². The number of nitrogens with zero attached hydrogens (tertiary/aromatic N) is 1. The lowest BCUT2D eigenvalue weighted by molar-refractivity contribution is 0.299. The van der Waals surface area contributed by atoms with Gasteiger partial charge in [0.1, 0.15) is 6.61 Å². The van der Waals surface area contributed by atoms with E-state index in [9.17, 15) is 4.79 Å². The third-order valence-corrected chi connectivity index (χ3v) is 4.17. The molecule has 5 heteroatoms. The predicted octanol–water partition coefficient (Wildman–Crippen LogP) is 4.78. The molecule has 1 heterocycles. The fraction of sp³-hybridized carbons (Fsp3) is 0.105. The van der Waals surface area contributed by atoms with E-state index in [2.05, 4.69) is 0 Å². The second kappa shape index (κ2) is 7.56. The lowest BCUT2D eigenvalue weighted by Gasteiger charge is -2.11. The van der Waals surface area contributed by atoms with Crippen LogP contribution in [0.2, 0.25) is 10.0 Å². The van der Waals surface area contributed by atoms with E-state index in [1.165, 1.54) is 0 Å². The SMILES string of the molecule is O=c1c(OCc2ccccc2)cccn1Cc1ccc(Cl)cc1Cl. The van der Waals surface area contributed by atoms with Crippen LogP contribution in [-0.4, -0.2) is 4.57 Å². The number of ether oxygens (including phenoxy) is 1. The first kappa shape index (κ1) is 16.6. The van der Waals surface area contributed by atoms with Gasteiger partial charge < -0.3 is 9.30 Å². The summed E-state index contributed by atoms with van der Waals surface area (Å²) >= 11 is 12.1. The van der Waals surface area contributed by atoms with Crippen LogP contribution in [0.3, 0.4) is 0 Å². The predicted molar refractivity (Wildman–Crippen MR) is 97.0 cm³/mol.